The quantitative estimate of drug-likeness (QED) is 0.610. The van der Waals surface area contributed by atoms with Gasteiger partial charge in [0.15, 0.2) is 0 Å². The van der Waals surface area contributed by atoms with E-state index >= 15 is 0 Å². The molecular weight excluding hydrogens is 490 g/mol. The number of imide groups is 1. The van der Waals surface area contributed by atoms with Crippen molar-refractivity contribution < 1.29 is 28.7 Å². The lowest BCUT2D eigenvalue weighted by molar-refractivity contribution is -0.136. The Hall–Kier alpha value is -4.15. The molecule has 0 radical (unpaired) electrons. The number of benzene rings is 1. The minimum absolute atomic E-state index is 0.216. The number of nitrogens with one attached hydrogen (secondary N) is 1. The van der Waals surface area contributed by atoms with E-state index in [0.29, 0.717) is 49.7 Å². The Kier molecular flexibility index (Phi) is 6.68. The molecule has 4 amide bonds. The van der Waals surface area contributed by atoms with Crippen LogP contribution in [0.4, 0.5) is 10.6 Å². The molecular formula is C27H31N5O6. The van der Waals surface area contributed by atoms with Gasteiger partial charge in [0.25, 0.3) is 5.91 Å². The molecule has 1 atom stereocenters. The second-order valence-electron chi connectivity index (χ2n) is 10.6. The normalized spacial score (nSPS) is 19.8. The Morgan fingerprint density at radius 1 is 1.03 bits per heavy atom. The number of carbonyl (C=O) groups excluding carboxylic acids is 4. The third-order valence-electron chi connectivity index (χ3n) is 6.71. The van der Waals surface area contributed by atoms with Crippen LogP contribution in [-0.4, -0.2) is 76.4 Å². The highest BCUT2D eigenvalue weighted by atomic mass is 16.6. The lowest BCUT2D eigenvalue weighted by Gasteiger charge is -2.36. The van der Waals surface area contributed by atoms with Crippen LogP contribution in [0.15, 0.2) is 36.5 Å². The molecule has 3 aliphatic rings. The van der Waals surface area contributed by atoms with Crippen molar-refractivity contribution in [2.24, 2.45) is 0 Å². The van der Waals surface area contributed by atoms with Gasteiger partial charge in [0.2, 0.25) is 11.8 Å². The van der Waals surface area contributed by atoms with Crippen LogP contribution in [0.3, 0.4) is 0 Å². The molecule has 0 spiro atoms. The van der Waals surface area contributed by atoms with Gasteiger partial charge in [-0.3, -0.25) is 19.7 Å². The number of pyridine rings is 1. The molecule has 0 saturated carbocycles. The van der Waals surface area contributed by atoms with E-state index in [1.54, 1.807) is 29.3 Å². The summed E-state index contributed by atoms with van der Waals surface area (Å²) in [5.41, 5.74) is 0.776. The molecule has 1 N–H and O–H groups in total. The Morgan fingerprint density at radius 3 is 2.42 bits per heavy atom. The van der Waals surface area contributed by atoms with Gasteiger partial charge in [-0.25, -0.2) is 9.78 Å². The summed E-state index contributed by atoms with van der Waals surface area (Å²) >= 11 is 0. The van der Waals surface area contributed by atoms with Gasteiger partial charge in [0.05, 0.1) is 6.20 Å². The van der Waals surface area contributed by atoms with Crippen LogP contribution in [0.5, 0.6) is 11.5 Å². The van der Waals surface area contributed by atoms with E-state index in [1.165, 1.54) is 4.90 Å². The number of nitrogens with zero attached hydrogens (tertiary/aromatic N) is 4. The van der Waals surface area contributed by atoms with Crippen molar-refractivity contribution in [1.82, 2.24) is 20.1 Å². The SMILES string of the molecule is CC(C)(C)OC(=O)N1CCN(c2ccc(Oc3ccc4c(c3)CN(C3CCC(=O)NC3=O)C4=O)cn2)CC1. The van der Waals surface area contributed by atoms with Crippen molar-refractivity contribution in [1.29, 1.82) is 0 Å². The van der Waals surface area contributed by atoms with Gasteiger partial charge >= 0.3 is 6.09 Å². The molecule has 200 valence electrons. The topological polar surface area (TPSA) is 121 Å². The highest BCUT2D eigenvalue weighted by molar-refractivity contribution is 6.05. The molecule has 11 heteroatoms. The van der Waals surface area contributed by atoms with E-state index < -0.39 is 17.6 Å². The number of anilines is 1. The monoisotopic (exact) mass is 521 g/mol. The average molecular weight is 522 g/mol. The lowest BCUT2D eigenvalue weighted by Crippen LogP contribution is -2.52. The van der Waals surface area contributed by atoms with Crippen LogP contribution in [0.2, 0.25) is 0 Å². The molecule has 5 rings (SSSR count). The van der Waals surface area contributed by atoms with Gasteiger partial charge in [-0.2, -0.15) is 0 Å². The number of hydrogen-bond donors (Lipinski definition) is 1. The van der Waals surface area contributed by atoms with Crippen molar-refractivity contribution in [3.63, 3.8) is 0 Å². The minimum Gasteiger partial charge on any atom is -0.456 e. The first-order chi connectivity index (χ1) is 18.1. The molecule has 38 heavy (non-hydrogen) atoms. The van der Waals surface area contributed by atoms with Crippen LogP contribution in [0, 0.1) is 0 Å². The fraction of sp³-hybridized carbons (Fsp3) is 0.444. The van der Waals surface area contributed by atoms with Crippen LogP contribution in [-0.2, 0) is 20.9 Å². The zero-order valence-corrected chi connectivity index (χ0v) is 21.7. The maximum Gasteiger partial charge on any atom is 0.410 e. The Bertz CT molecular complexity index is 1260. The van der Waals surface area contributed by atoms with Gasteiger partial charge in [-0.05, 0) is 63.1 Å². The first kappa shape index (κ1) is 25.5. The van der Waals surface area contributed by atoms with E-state index in [1.807, 2.05) is 32.9 Å². The summed E-state index contributed by atoms with van der Waals surface area (Å²) in [5.74, 6) is 0.930. The maximum absolute atomic E-state index is 12.9. The summed E-state index contributed by atoms with van der Waals surface area (Å²) in [7, 11) is 0. The number of carbonyl (C=O) groups is 4. The molecule has 1 aromatic carbocycles. The Balaban J connectivity index is 1.18. The second-order valence-corrected chi connectivity index (χ2v) is 10.6. The summed E-state index contributed by atoms with van der Waals surface area (Å²) in [5, 5.41) is 2.31. The first-order valence-electron chi connectivity index (χ1n) is 12.7. The Morgan fingerprint density at radius 2 is 1.76 bits per heavy atom. The Labute approximate surface area is 220 Å². The molecule has 2 saturated heterocycles. The highest BCUT2D eigenvalue weighted by Crippen LogP contribution is 2.32. The van der Waals surface area contributed by atoms with Gasteiger partial charge in [0, 0.05) is 44.7 Å². The molecule has 3 aliphatic heterocycles. The van der Waals surface area contributed by atoms with Crippen LogP contribution in [0.1, 0.15) is 49.5 Å². The standard InChI is InChI=1S/C27H31N5O6/c1-27(2,3)38-26(36)31-12-10-30(11-13-31)22-8-5-19(15-28-22)37-18-4-6-20-17(14-18)16-32(25(20)35)21-7-9-23(33)29-24(21)34/h4-6,8,14-15,21H,7,9-13,16H2,1-3H3,(H,29,33,34). The van der Waals surface area contributed by atoms with Crippen molar-refractivity contribution >= 4 is 29.6 Å². The van der Waals surface area contributed by atoms with E-state index in [0.717, 1.165) is 11.4 Å². The van der Waals surface area contributed by atoms with Gasteiger partial charge in [-0.1, -0.05) is 0 Å². The second kappa shape index (κ2) is 9.96. The number of piperazine rings is 1. The number of amides is 4. The highest BCUT2D eigenvalue weighted by Gasteiger charge is 2.39. The van der Waals surface area contributed by atoms with Crippen molar-refractivity contribution in [2.45, 2.75) is 51.8 Å². The summed E-state index contributed by atoms with van der Waals surface area (Å²) < 4.78 is 11.4. The largest absolute Gasteiger partial charge is 0.456 e. The lowest BCUT2D eigenvalue weighted by atomic mass is 10.0. The number of ether oxygens (including phenoxy) is 2. The van der Waals surface area contributed by atoms with Crippen LogP contribution < -0.4 is 15.0 Å². The maximum atomic E-state index is 12.9. The van der Waals surface area contributed by atoms with E-state index in [-0.39, 0.29) is 30.9 Å². The van der Waals surface area contributed by atoms with Crippen molar-refractivity contribution in [2.75, 3.05) is 31.1 Å². The van der Waals surface area contributed by atoms with Crippen molar-refractivity contribution in [3.05, 3.63) is 47.7 Å². The van der Waals surface area contributed by atoms with E-state index in [2.05, 4.69) is 15.2 Å². The summed E-state index contributed by atoms with van der Waals surface area (Å²) in [6.45, 7) is 8.25. The zero-order chi connectivity index (χ0) is 27.0. The predicted octanol–water partition coefficient (Wildman–Crippen LogP) is 2.69. The minimum atomic E-state index is -0.653. The number of aromatic nitrogens is 1. The number of rotatable bonds is 4. The first-order valence-corrected chi connectivity index (χ1v) is 12.7. The number of piperidine rings is 1. The third kappa shape index (κ3) is 5.41. The molecule has 2 fully saturated rings. The fourth-order valence-electron chi connectivity index (χ4n) is 4.81. The van der Waals surface area contributed by atoms with Crippen LogP contribution in [0.25, 0.3) is 0 Å². The summed E-state index contributed by atoms with van der Waals surface area (Å²) in [4.78, 5) is 58.7. The fourth-order valence-corrected chi connectivity index (χ4v) is 4.81. The molecule has 4 heterocycles. The van der Waals surface area contributed by atoms with Crippen LogP contribution >= 0.6 is 0 Å². The van der Waals surface area contributed by atoms with Gasteiger partial charge in [-0.15, -0.1) is 0 Å². The van der Waals surface area contributed by atoms with Crippen molar-refractivity contribution in [3.8, 4) is 11.5 Å². The number of hydrogen-bond acceptors (Lipinski definition) is 8. The van der Waals surface area contributed by atoms with E-state index in [4.69, 9.17) is 9.47 Å². The molecule has 0 bridgehead atoms. The molecule has 1 unspecified atom stereocenters. The summed E-state index contributed by atoms with van der Waals surface area (Å²) in [6.07, 6.45) is 1.88. The van der Waals surface area contributed by atoms with E-state index in [9.17, 15) is 19.2 Å². The molecule has 11 nitrogen and oxygen atoms in total. The average Bonchev–Trinajstić information content (AvgIpc) is 3.19. The number of fused-ring (bicyclic) bond motifs is 1. The summed E-state index contributed by atoms with van der Waals surface area (Å²) in [6, 6.07) is 8.26. The smallest absolute Gasteiger partial charge is 0.410 e. The predicted molar refractivity (Wildman–Crippen MR) is 137 cm³/mol. The zero-order valence-electron chi connectivity index (χ0n) is 21.7. The molecule has 0 aliphatic carbocycles. The third-order valence-corrected chi connectivity index (χ3v) is 6.71. The molecule has 2 aromatic rings. The van der Waals surface area contributed by atoms with Gasteiger partial charge in [0.1, 0.15) is 29.0 Å². The van der Waals surface area contributed by atoms with Gasteiger partial charge < -0.3 is 24.2 Å². The molecule has 1 aromatic heterocycles.